The number of imide groups is 1. The Bertz CT molecular complexity index is 3790. The Kier molecular flexibility index (Phi) is 17.4. The monoisotopic (exact) mass is 1230 g/mol. The number of nitrogens with one attached hydrogen (secondary N) is 2. The Morgan fingerprint density at radius 2 is 1.62 bits per heavy atom. The van der Waals surface area contributed by atoms with Gasteiger partial charge < -0.3 is 39.8 Å². The fourth-order valence-corrected chi connectivity index (χ4v) is 16.5. The fourth-order valence-electron chi connectivity index (χ4n) is 15.6. The summed E-state index contributed by atoms with van der Waals surface area (Å²) in [7, 11) is 4.18. The molecule has 4 bridgehead atoms. The first-order chi connectivity index (χ1) is 42.8. The average molecular weight is 1230 g/mol. The standard InChI is InChI=1S/C65H78N14O9S/c1-41-29-54(72-73-57(41)70-61-68-48-14-8-9-16-52(48)89-61)77(53-20-18-45(56(69-53)60(84)85)47-31-67-78(42(47)2)40-64-35-62(3)34-63(4,36-64)38-65(37-62,39-64)88-26-24-75(5)6)23-11-7-10-22-76-32-43(71-74-76)33-87-28-27-86-25-21-66-49-15-12-13-46-55(49)59(83)79(58(46)82)50-19-17-44(80)30-51(50)81/h8-9,12-16,18,20,29,31-32,50,66H,7,10-11,17,19,21-28,30,33-40H2,1-6H3,(H,84,85)(H,68,70,73). The van der Waals surface area contributed by atoms with Crippen molar-refractivity contribution < 1.29 is 43.3 Å². The van der Waals surface area contributed by atoms with E-state index in [-0.39, 0.29) is 70.3 Å². The molecule has 5 fully saturated rings. The highest BCUT2D eigenvalue weighted by Crippen LogP contribution is 2.72. The molecular formula is C65H78N14O9S. The Balaban J connectivity index is 0.661. The molecule has 0 radical (unpaired) electrons. The zero-order chi connectivity index (χ0) is 62.2. The van der Waals surface area contributed by atoms with Crippen molar-refractivity contribution in [1.29, 1.82) is 0 Å². The first-order valence-corrected chi connectivity index (χ1v) is 31.7. The summed E-state index contributed by atoms with van der Waals surface area (Å²) in [5, 5.41) is 41.1. The van der Waals surface area contributed by atoms with Crippen LogP contribution in [0.15, 0.2) is 73.1 Å². The van der Waals surface area contributed by atoms with Gasteiger partial charge in [-0.25, -0.2) is 14.8 Å². The summed E-state index contributed by atoms with van der Waals surface area (Å²) in [4.78, 5) is 79.2. The predicted molar refractivity (Wildman–Crippen MR) is 335 cm³/mol. The molecule has 5 aromatic heterocycles. The molecule has 1 aliphatic heterocycles. The zero-order valence-corrected chi connectivity index (χ0v) is 52.4. The van der Waals surface area contributed by atoms with E-state index >= 15 is 0 Å². The highest BCUT2D eigenvalue weighted by molar-refractivity contribution is 7.22. The van der Waals surface area contributed by atoms with E-state index in [4.69, 9.17) is 34.4 Å². The van der Waals surface area contributed by atoms with E-state index in [0.29, 0.717) is 92.0 Å². The number of likely N-dealkylation sites (N-methyl/N-ethyl adjacent to an activating group) is 1. The molecule has 468 valence electrons. The second-order valence-corrected chi connectivity index (χ2v) is 27.3. The Hall–Kier alpha value is -7.90. The lowest BCUT2D eigenvalue weighted by atomic mass is 9.39. The van der Waals surface area contributed by atoms with Crippen LogP contribution >= 0.6 is 11.3 Å². The van der Waals surface area contributed by atoms with E-state index in [0.717, 1.165) is 90.0 Å². The van der Waals surface area contributed by atoms with Crippen molar-refractivity contribution >= 4 is 79.2 Å². The summed E-state index contributed by atoms with van der Waals surface area (Å²) in [5.74, 6) is -1.27. The molecule has 0 saturated heterocycles. The van der Waals surface area contributed by atoms with Gasteiger partial charge in [-0.15, -0.1) is 15.3 Å². The maximum atomic E-state index is 13.4. The van der Waals surface area contributed by atoms with Gasteiger partial charge in [0.05, 0.1) is 84.8 Å². The molecule has 23 nitrogen and oxygen atoms in total. The molecule has 2 amide bonds. The number of hydrogen-bond donors (Lipinski definition) is 3. The van der Waals surface area contributed by atoms with Crippen LogP contribution in [0.1, 0.15) is 139 Å². The number of unbranched alkanes of at least 4 members (excludes halogenated alkanes) is 2. The van der Waals surface area contributed by atoms with E-state index in [1.807, 2.05) is 67.4 Å². The number of carbonyl (C=O) groups is 5. The molecule has 6 aliphatic rings. The van der Waals surface area contributed by atoms with E-state index in [1.165, 1.54) is 17.8 Å². The Morgan fingerprint density at radius 1 is 0.809 bits per heavy atom. The van der Waals surface area contributed by atoms with Gasteiger partial charge in [-0.05, 0) is 156 Å². The summed E-state index contributed by atoms with van der Waals surface area (Å²) in [5.41, 5.74) is 5.62. The molecule has 89 heavy (non-hydrogen) atoms. The van der Waals surface area contributed by atoms with Gasteiger partial charge in [0.25, 0.3) is 11.8 Å². The Labute approximate surface area is 520 Å². The minimum Gasteiger partial charge on any atom is -0.476 e. The third-order valence-corrected chi connectivity index (χ3v) is 19.3. The summed E-state index contributed by atoms with van der Waals surface area (Å²) in [6.45, 7) is 13.9. The lowest BCUT2D eigenvalue weighted by Gasteiger charge is -2.69. The number of fused-ring (bicyclic) bond motifs is 2. The Morgan fingerprint density at radius 3 is 2.39 bits per heavy atom. The van der Waals surface area contributed by atoms with Gasteiger partial charge in [0.1, 0.15) is 17.3 Å². The number of carbonyl (C=O) groups excluding carboxylic acids is 4. The number of thiazole rings is 1. The molecule has 5 aliphatic carbocycles. The molecule has 13 rings (SSSR count). The molecule has 3 unspecified atom stereocenters. The topological polar surface area (TPSA) is 267 Å². The summed E-state index contributed by atoms with van der Waals surface area (Å²) >= 11 is 1.53. The number of anilines is 5. The quantitative estimate of drug-likeness (QED) is 0.0234. The normalized spacial score (nSPS) is 22.9. The maximum Gasteiger partial charge on any atom is 0.355 e. The molecule has 3 atom stereocenters. The zero-order valence-electron chi connectivity index (χ0n) is 51.5. The van der Waals surface area contributed by atoms with Crippen LogP contribution in [0, 0.1) is 30.1 Å². The van der Waals surface area contributed by atoms with Crippen LogP contribution in [-0.4, -0.2) is 161 Å². The smallest absolute Gasteiger partial charge is 0.355 e. The van der Waals surface area contributed by atoms with Crippen LogP contribution in [0.3, 0.4) is 0 Å². The highest BCUT2D eigenvalue weighted by atomic mass is 32.1. The van der Waals surface area contributed by atoms with Crippen molar-refractivity contribution in [3.05, 3.63) is 107 Å². The molecule has 6 heterocycles. The van der Waals surface area contributed by atoms with Crippen LogP contribution in [0.25, 0.3) is 21.3 Å². The van der Waals surface area contributed by atoms with Crippen LogP contribution in [-0.2, 0) is 43.5 Å². The lowest BCUT2D eigenvalue weighted by molar-refractivity contribution is -0.248. The van der Waals surface area contributed by atoms with E-state index in [9.17, 15) is 29.1 Å². The fraction of sp³-hybridized carbons (Fsp3) is 0.508. The van der Waals surface area contributed by atoms with Crippen LogP contribution in [0.4, 0.5) is 28.3 Å². The summed E-state index contributed by atoms with van der Waals surface area (Å²) < 4.78 is 23.5. The summed E-state index contributed by atoms with van der Waals surface area (Å²) in [6.07, 6.45) is 12.6. The number of aryl methyl sites for hydroxylation is 2. The van der Waals surface area contributed by atoms with Gasteiger partial charge in [0, 0.05) is 61.7 Å². The number of ketones is 2. The van der Waals surface area contributed by atoms with Crippen LogP contribution < -0.4 is 15.5 Å². The number of hydrogen-bond acceptors (Lipinski definition) is 20. The highest BCUT2D eigenvalue weighted by Gasteiger charge is 2.66. The van der Waals surface area contributed by atoms with Crippen molar-refractivity contribution in [3.8, 4) is 11.1 Å². The van der Waals surface area contributed by atoms with E-state index in [2.05, 4.69) is 63.6 Å². The minimum atomic E-state index is -1.14. The van der Waals surface area contributed by atoms with Gasteiger partial charge in [-0.3, -0.25) is 33.4 Å². The number of nitrogens with zero attached hydrogens (tertiary/aromatic N) is 12. The van der Waals surface area contributed by atoms with Crippen molar-refractivity contribution in [1.82, 2.24) is 54.7 Å². The molecule has 0 spiro atoms. The number of aromatic nitrogens is 9. The first-order valence-electron chi connectivity index (χ1n) is 30.9. The van der Waals surface area contributed by atoms with Crippen molar-refractivity contribution in [2.45, 2.75) is 136 Å². The van der Waals surface area contributed by atoms with E-state index in [1.54, 1.807) is 29.1 Å². The van der Waals surface area contributed by atoms with Gasteiger partial charge in [0.15, 0.2) is 28.2 Å². The molecule has 7 aromatic rings. The predicted octanol–water partition coefficient (Wildman–Crippen LogP) is 9.63. The third-order valence-electron chi connectivity index (χ3n) is 18.3. The number of Topliss-reactive ketones (excluding diaryl/α,β-unsaturated/α-hetero) is 2. The number of rotatable bonds is 28. The molecule has 5 saturated carbocycles. The first kappa shape index (κ1) is 61.3. The van der Waals surface area contributed by atoms with Gasteiger partial charge in [-0.1, -0.05) is 48.6 Å². The second-order valence-electron chi connectivity index (χ2n) is 26.3. The van der Waals surface area contributed by atoms with Gasteiger partial charge in [-0.2, -0.15) is 5.10 Å². The number of carboxylic acid groups (broad SMARTS) is 1. The van der Waals surface area contributed by atoms with Gasteiger partial charge in [0.2, 0.25) is 0 Å². The third kappa shape index (κ3) is 13.1. The van der Waals surface area contributed by atoms with Crippen molar-refractivity contribution in [3.63, 3.8) is 0 Å². The van der Waals surface area contributed by atoms with Crippen molar-refractivity contribution in [2.24, 2.45) is 16.2 Å². The van der Waals surface area contributed by atoms with Crippen molar-refractivity contribution in [2.75, 3.05) is 75.7 Å². The number of amides is 2. The maximum absolute atomic E-state index is 13.4. The number of ether oxygens (including phenoxy) is 3. The lowest BCUT2D eigenvalue weighted by Crippen LogP contribution is -2.64. The number of carboxylic acids is 1. The summed E-state index contributed by atoms with van der Waals surface area (Å²) in [6, 6.07) is 17.6. The van der Waals surface area contributed by atoms with E-state index < -0.39 is 29.6 Å². The SMILES string of the molecule is Cc1cc(N(CCCCCn2cc(COCCOCCNc3cccc4c3C(=O)N(C3CCC(=O)CC3=O)C4=O)nn2)c2ccc(-c3cnn(CC45CC6(C)CC(C)(C4)CC(OCCN(C)C)(C6)C5)c3C)c(C(=O)O)n2)nnc1Nc1nc2ccccc2s1. The second kappa shape index (κ2) is 25.2. The van der Waals surface area contributed by atoms with Crippen LogP contribution in [0.5, 0.6) is 0 Å². The largest absolute Gasteiger partial charge is 0.476 e. The number of aromatic carboxylic acids is 1. The minimum absolute atomic E-state index is 0.00885. The molecule has 2 aromatic carbocycles. The molecule has 24 heteroatoms. The number of pyridine rings is 1. The molecule has 3 N–H and O–H groups in total. The van der Waals surface area contributed by atoms with Crippen LogP contribution in [0.2, 0.25) is 0 Å². The number of para-hydroxylation sites is 1. The molecular weight excluding hydrogens is 1150 g/mol. The number of benzene rings is 2. The average Bonchev–Trinajstić information content (AvgIpc) is 1.39. The van der Waals surface area contributed by atoms with Gasteiger partial charge >= 0.3 is 5.97 Å².